The number of hydrogen-bond acceptors (Lipinski definition) is 3. The van der Waals surface area contributed by atoms with Crippen LogP contribution in [-0.2, 0) is 4.79 Å². The number of ketones is 1. The highest BCUT2D eigenvalue weighted by Gasteiger charge is 2.32. The highest BCUT2D eigenvalue weighted by atomic mass is 16.3. The number of rotatable bonds is 13. The number of Topliss-reactive ketones (excluding diaryl/α,β-unsaturated/α-hetero) is 1. The number of carbonyl (C=O) groups is 1. The predicted octanol–water partition coefficient (Wildman–Crippen LogP) is 4.66. The van der Waals surface area contributed by atoms with Crippen molar-refractivity contribution in [3.63, 3.8) is 0 Å². The maximum atomic E-state index is 12.1. The minimum Gasteiger partial charge on any atom is -0.396 e. The third-order valence-corrected chi connectivity index (χ3v) is 5.48. The fraction of sp³-hybridized carbons (Fsp3) is 0.857. The lowest BCUT2D eigenvalue weighted by molar-refractivity contribution is -0.121. The van der Waals surface area contributed by atoms with E-state index in [-0.39, 0.29) is 18.6 Å². The molecule has 0 bridgehead atoms. The number of carbonyl (C=O) groups excluding carboxylic acids is 1. The molecule has 0 amide bonds. The second-order valence-electron chi connectivity index (χ2n) is 7.55. The molecule has 1 rings (SSSR count). The van der Waals surface area contributed by atoms with Gasteiger partial charge >= 0.3 is 0 Å². The Balaban J connectivity index is 2.36. The van der Waals surface area contributed by atoms with Gasteiger partial charge in [0.2, 0.25) is 0 Å². The molecule has 0 radical (unpaired) electrons. The van der Waals surface area contributed by atoms with Crippen molar-refractivity contribution in [3.8, 4) is 0 Å². The van der Waals surface area contributed by atoms with E-state index >= 15 is 0 Å². The molecule has 3 nitrogen and oxygen atoms in total. The summed E-state index contributed by atoms with van der Waals surface area (Å²) in [6.45, 7) is 4.56. The van der Waals surface area contributed by atoms with Crippen LogP contribution in [0.5, 0.6) is 0 Å². The molecule has 140 valence electrons. The van der Waals surface area contributed by atoms with Crippen LogP contribution in [0.1, 0.15) is 84.5 Å². The molecule has 0 aromatic carbocycles. The summed E-state index contributed by atoms with van der Waals surface area (Å²) in [4.78, 5) is 12.1. The van der Waals surface area contributed by atoms with Gasteiger partial charge in [-0.3, -0.25) is 4.79 Å². The van der Waals surface area contributed by atoms with Crippen LogP contribution >= 0.6 is 0 Å². The van der Waals surface area contributed by atoms with Crippen molar-refractivity contribution in [2.75, 3.05) is 6.61 Å². The van der Waals surface area contributed by atoms with Crippen LogP contribution in [0.4, 0.5) is 0 Å². The second-order valence-corrected chi connectivity index (χ2v) is 7.55. The molecule has 0 aromatic rings. The standard InChI is InChI=1S/C21H38O3/c1-3-4-10-17(2)20(23)14-12-18-13-15-21(24)19(18)11-8-6-5-7-9-16-22/h12,14,17-20,22-23H,3-11,13,15-16H2,1-2H3. The number of hydrogen-bond donors (Lipinski definition) is 2. The van der Waals surface area contributed by atoms with Crippen LogP contribution < -0.4 is 0 Å². The zero-order chi connectivity index (χ0) is 17.8. The van der Waals surface area contributed by atoms with Crippen LogP contribution in [0.2, 0.25) is 0 Å². The van der Waals surface area contributed by atoms with Crippen molar-refractivity contribution in [1.82, 2.24) is 0 Å². The van der Waals surface area contributed by atoms with E-state index in [0.717, 1.165) is 64.2 Å². The van der Waals surface area contributed by atoms with Gasteiger partial charge in [0.25, 0.3) is 0 Å². The monoisotopic (exact) mass is 338 g/mol. The van der Waals surface area contributed by atoms with Crippen LogP contribution in [0.3, 0.4) is 0 Å². The van der Waals surface area contributed by atoms with Crippen molar-refractivity contribution in [1.29, 1.82) is 0 Å². The predicted molar refractivity (Wildman–Crippen MR) is 99.8 cm³/mol. The second kappa shape index (κ2) is 12.7. The molecule has 4 atom stereocenters. The molecule has 0 saturated heterocycles. The SMILES string of the molecule is CCCCC(C)C(O)C=CC1CCC(=O)C1CCCCCCCO. The summed E-state index contributed by atoms with van der Waals surface area (Å²) in [6, 6.07) is 0. The highest BCUT2D eigenvalue weighted by molar-refractivity contribution is 5.83. The molecule has 0 spiro atoms. The van der Waals surface area contributed by atoms with Crippen LogP contribution in [0.15, 0.2) is 12.2 Å². The van der Waals surface area contributed by atoms with E-state index in [9.17, 15) is 9.90 Å². The van der Waals surface area contributed by atoms with E-state index in [1.54, 1.807) is 0 Å². The number of unbranched alkanes of at least 4 members (excludes halogenated alkanes) is 5. The first kappa shape index (κ1) is 21.4. The summed E-state index contributed by atoms with van der Waals surface area (Å²) >= 11 is 0. The van der Waals surface area contributed by atoms with E-state index in [1.807, 2.05) is 6.08 Å². The fourth-order valence-electron chi connectivity index (χ4n) is 3.69. The Hall–Kier alpha value is -0.670. The Morgan fingerprint density at radius 2 is 1.88 bits per heavy atom. The summed E-state index contributed by atoms with van der Waals surface area (Å²) in [5, 5.41) is 19.0. The van der Waals surface area contributed by atoms with E-state index < -0.39 is 0 Å². The van der Waals surface area contributed by atoms with Crippen molar-refractivity contribution < 1.29 is 15.0 Å². The maximum absolute atomic E-state index is 12.1. The molecule has 1 aliphatic rings. The van der Waals surface area contributed by atoms with Gasteiger partial charge in [-0.1, -0.05) is 64.5 Å². The Bertz CT molecular complexity index is 364. The zero-order valence-corrected chi connectivity index (χ0v) is 15.8. The molecular formula is C21H38O3. The van der Waals surface area contributed by atoms with Crippen molar-refractivity contribution in [2.24, 2.45) is 17.8 Å². The maximum Gasteiger partial charge on any atom is 0.136 e. The summed E-state index contributed by atoms with van der Waals surface area (Å²) < 4.78 is 0. The third-order valence-electron chi connectivity index (χ3n) is 5.48. The normalized spacial score (nSPS) is 23.9. The molecule has 0 aliphatic heterocycles. The molecule has 1 aliphatic carbocycles. The molecule has 0 aromatic heterocycles. The molecule has 2 N–H and O–H groups in total. The third kappa shape index (κ3) is 7.94. The Kier molecular flexibility index (Phi) is 11.3. The van der Waals surface area contributed by atoms with Crippen molar-refractivity contribution in [3.05, 3.63) is 12.2 Å². The Morgan fingerprint density at radius 3 is 2.58 bits per heavy atom. The van der Waals surface area contributed by atoms with Gasteiger partial charge in [-0.25, -0.2) is 0 Å². The number of aliphatic hydroxyl groups excluding tert-OH is 2. The molecule has 24 heavy (non-hydrogen) atoms. The Labute approximate surface area is 148 Å². The van der Waals surface area contributed by atoms with Gasteiger partial charge in [0, 0.05) is 18.9 Å². The molecule has 4 unspecified atom stereocenters. The first-order valence-electron chi connectivity index (χ1n) is 10.1. The van der Waals surface area contributed by atoms with Crippen LogP contribution in [-0.4, -0.2) is 28.7 Å². The molecule has 1 saturated carbocycles. The quantitative estimate of drug-likeness (QED) is 0.379. The number of aliphatic hydroxyl groups is 2. The van der Waals surface area contributed by atoms with Gasteiger partial charge < -0.3 is 10.2 Å². The van der Waals surface area contributed by atoms with E-state index in [1.165, 1.54) is 0 Å². The first-order chi connectivity index (χ1) is 11.6. The summed E-state index contributed by atoms with van der Waals surface area (Å²) in [5.41, 5.74) is 0. The topological polar surface area (TPSA) is 57.5 Å². The summed E-state index contributed by atoms with van der Waals surface area (Å²) in [7, 11) is 0. The Morgan fingerprint density at radius 1 is 1.17 bits per heavy atom. The van der Waals surface area contributed by atoms with Crippen molar-refractivity contribution >= 4 is 5.78 Å². The largest absolute Gasteiger partial charge is 0.396 e. The summed E-state index contributed by atoms with van der Waals surface area (Å²) in [5.74, 6) is 1.19. The van der Waals surface area contributed by atoms with Crippen molar-refractivity contribution in [2.45, 2.75) is 90.6 Å². The van der Waals surface area contributed by atoms with Gasteiger partial charge in [-0.15, -0.1) is 0 Å². The zero-order valence-electron chi connectivity index (χ0n) is 15.8. The smallest absolute Gasteiger partial charge is 0.136 e. The lowest BCUT2D eigenvalue weighted by atomic mass is 9.88. The summed E-state index contributed by atoms with van der Waals surface area (Å²) in [6.07, 6.45) is 15.1. The van der Waals surface area contributed by atoms with E-state index in [2.05, 4.69) is 19.9 Å². The highest BCUT2D eigenvalue weighted by Crippen LogP contribution is 2.34. The van der Waals surface area contributed by atoms with Gasteiger partial charge in [0.15, 0.2) is 0 Å². The lowest BCUT2D eigenvalue weighted by Crippen LogP contribution is -2.17. The molecule has 0 heterocycles. The average Bonchev–Trinajstić information content (AvgIpc) is 2.93. The first-order valence-corrected chi connectivity index (χ1v) is 10.1. The fourth-order valence-corrected chi connectivity index (χ4v) is 3.69. The average molecular weight is 339 g/mol. The molecule has 3 heteroatoms. The van der Waals surface area contributed by atoms with Gasteiger partial charge in [0.05, 0.1) is 6.10 Å². The minimum absolute atomic E-state index is 0.164. The van der Waals surface area contributed by atoms with Gasteiger partial charge in [-0.2, -0.15) is 0 Å². The van der Waals surface area contributed by atoms with Crippen LogP contribution in [0, 0.1) is 17.8 Å². The van der Waals surface area contributed by atoms with Gasteiger partial charge in [0.1, 0.15) is 5.78 Å². The minimum atomic E-state index is -0.383. The van der Waals surface area contributed by atoms with Crippen LogP contribution in [0.25, 0.3) is 0 Å². The molecule has 1 fully saturated rings. The van der Waals surface area contributed by atoms with E-state index in [4.69, 9.17) is 5.11 Å². The molecular weight excluding hydrogens is 300 g/mol. The number of allylic oxidation sites excluding steroid dienone is 1. The van der Waals surface area contributed by atoms with E-state index in [0.29, 0.717) is 24.0 Å². The lowest BCUT2D eigenvalue weighted by Gasteiger charge is -2.18. The van der Waals surface area contributed by atoms with Gasteiger partial charge in [-0.05, 0) is 37.5 Å².